The van der Waals surface area contributed by atoms with Crippen LogP contribution in [0.15, 0.2) is 36.5 Å². The lowest BCUT2D eigenvalue weighted by Crippen LogP contribution is -2.27. The Kier molecular flexibility index (Phi) is 4.63. The summed E-state index contributed by atoms with van der Waals surface area (Å²) < 4.78 is 38.1. The molecule has 0 saturated carbocycles. The zero-order valence-electron chi connectivity index (χ0n) is 13.5. The van der Waals surface area contributed by atoms with Crippen molar-refractivity contribution in [3.8, 4) is 0 Å². The fourth-order valence-corrected chi connectivity index (χ4v) is 2.70. The molecule has 25 heavy (non-hydrogen) atoms. The van der Waals surface area contributed by atoms with Gasteiger partial charge in [-0.15, -0.1) is 0 Å². The van der Waals surface area contributed by atoms with Crippen molar-refractivity contribution in [2.75, 3.05) is 24.2 Å². The summed E-state index contributed by atoms with van der Waals surface area (Å²) in [5, 5.41) is 5.00. The highest BCUT2D eigenvalue weighted by atomic mass is 19.4. The highest BCUT2D eigenvalue weighted by Crippen LogP contribution is 2.30. The third-order valence-corrected chi connectivity index (χ3v) is 3.94. The number of hydrogen-bond donors (Lipinski definition) is 2. The summed E-state index contributed by atoms with van der Waals surface area (Å²) in [5.74, 6) is 0. The fourth-order valence-electron chi connectivity index (χ4n) is 2.70. The lowest BCUT2D eigenvalue weighted by Gasteiger charge is -2.24. The van der Waals surface area contributed by atoms with Crippen LogP contribution in [-0.2, 0) is 19.1 Å². The molecule has 1 aliphatic rings. The molecule has 3 rings (SSSR count). The van der Waals surface area contributed by atoms with Gasteiger partial charge in [0.15, 0.2) is 0 Å². The molecule has 5 nitrogen and oxygen atoms in total. The monoisotopic (exact) mass is 350 g/mol. The number of alkyl halides is 3. The average molecular weight is 350 g/mol. The Hall–Kier alpha value is -2.61. The second-order valence-corrected chi connectivity index (χ2v) is 5.98. The number of rotatable bonds is 2. The van der Waals surface area contributed by atoms with E-state index in [1.807, 2.05) is 13.1 Å². The number of carbonyl (C=O) groups is 1. The third-order valence-electron chi connectivity index (χ3n) is 3.94. The number of nitrogens with zero attached hydrogens (tertiary/aromatic N) is 2. The first-order valence-corrected chi connectivity index (χ1v) is 7.73. The van der Waals surface area contributed by atoms with Gasteiger partial charge in [0.2, 0.25) is 0 Å². The van der Waals surface area contributed by atoms with E-state index in [1.54, 1.807) is 6.20 Å². The Labute approximate surface area is 142 Å². The van der Waals surface area contributed by atoms with Crippen LogP contribution in [0.1, 0.15) is 16.8 Å². The predicted molar refractivity (Wildman–Crippen MR) is 88.4 cm³/mol. The van der Waals surface area contributed by atoms with Gasteiger partial charge >= 0.3 is 12.2 Å². The number of amides is 2. The van der Waals surface area contributed by atoms with E-state index in [1.165, 1.54) is 12.1 Å². The third kappa shape index (κ3) is 4.27. The number of hydrogen-bond acceptors (Lipinski definition) is 3. The van der Waals surface area contributed by atoms with Crippen LogP contribution in [0, 0.1) is 0 Å². The van der Waals surface area contributed by atoms with Crippen molar-refractivity contribution < 1.29 is 18.0 Å². The first kappa shape index (κ1) is 17.2. The minimum Gasteiger partial charge on any atom is -0.308 e. The topological polar surface area (TPSA) is 57.3 Å². The van der Waals surface area contributed by atoms with Crippen molar-refractivity contribution in [1.29, 1.82) is 0 Å². The summed E-state index contributed by atoms with van der Waals surface area (Å²) in [5.41, 5.74) is 1.79. The number of nitrogens with one attached hydrogen (secondary N) is 2. The SMILES string of the molecule is CN1CCc2ncc(NC(=O)Nc3cccc(C(F)(F)F)c3)cc2C1. The lowest BCUT2D eigenvalue weighted by atomic mass is 10.1. The second-order valence-electron chi connectivity index (χ2n) is 5.98. The molecular formula is C17H17F3N4O. The van der Waals surface area contributed by atoms with E-state index in [4.69, 9.17) is 0 Å². The van der Waals surface area contributed by atoms with E-state index in [2.05, 4.69) is 20.5 Å². The molecule has 8 heteroatoms. The van der Waals surface area contributed by atoms with E-state index in [0.29, 0.717) is 5.69 Å². The lowest BCUT2D eigenvalue weighted by molar-refractivity contribution is -0.137. The molecule has 0 spiro atoms. The highest BCUT2D eigenvalue weighted by Gasteiger charge is 2.30. The summed E-state index contributed by atoms with van der Waals surface area (Å²) in [6.07, 6.45) is -2.05. The highest BCUT2D eigenvalue weighted by molar-refractivity contribution is 5.99. The number of likely N-dealkylation sites (N-methyl/N-ethyl adjacent to an activating group) is 1. The number of carbonyl (C=O) groups excluding carboxylic acids is 1. The zero-order chi connectivity index (χ0) is 18.0. The molecule has 0 fully saturated rings. The van der Waals surface area contributed by atoms with Crippen LogP contribution in [0.4, 0.5) is 29.3 Å². The molecule has 1 aromatic carbocycles. The largest absolute Gasteiger partial charge is 0.416 e. The number of fused-ring (bicyclic) bond motifs is 1. The quantitative estimate of drug-likeness (QED) is 0.868. The normalized spacial score (nSPS) is 14.7. The van der Waals surface area contributed by atoms with Crippen LogP contribution >= 0.6 is 0 Å². The van der Waals surface area contributed by atoms with Gasteiger partial charge in [0, 0.05) is 30.9 Å². The van der Waals surface area contributed by atoms with Crippen LogP contribution in [0.2, 0.25) is 0 Å². The molecule has 2 aromatic rings. The fraction of sp³-hybridized carbons (Fsp3) is 0.294. The maximum absolute atomic E-state index is 12.7. The van der Waals surface area contributed by atoms with Gasteiger partial charge in [-0.1, -0.05) is 6.07 Å². The van der Waals surface area contributed by atoms with E-state index in [0.717, 1.165) is 42.9 Å². The average Bonchev–Trinajstić information content (AvgIpc) is 2.53. The van der Waals surface area contributed by atoms with Gasteiger partial charge in [0.25, 0.3) is 0 Å². The molecule has 1 aromatic heterocycles. The number of anilines is 2. The molecule has 0 radical (unpaired) electrons. The molecular weight excluding hydrogens is 333 g/mol. The number of halogens is 3. The Morgan fingerprint density at radius 3 is 2.72 bits per heavy atom. The molecule has 0 aliphatic carbocycles. The summed E-state index contributed by atoms with van der Waals surface area (Å²) in [4.78, 5) is 18.5. The standard InChI is InChI=1S/C17H17F3N4O/c1-24-6-5-15-11(10-24)7-14(9-21-15)23-16(25)22-13-4-2-3-12(8-13)17(18,19)20/h2-4,7-9H,5-6,10H2,1H3,(H2,22,23,25). The van der Waals surface area contributed by atoms with Crippen molar-refractivity contribution in [3.63, 3.8) is 0 Å². The van der Waals surface area contributed by atoms with Gasteiger partial charge in [-0.25, -0.2) is 4.79 Å². The second kappa shape index (κ2) is 6.72. The molecule has 0 saturated heterocycles. The minimum absolute atomic E-state index is 0.0676. The van der Waals surface area contributed by atoms with Crippen LogP contribution in [0.3, 0.4) is 0 Å². The van der Waals surface area contributed by atoms with Gasteiger partial charge in [0.1, 0.15) is 0 Å². The summed E-state index contributed by atoms with van der Waals surface area (Å²) in [6.45, 7) is 1.68. The van der Waals surface area contributed by atoms with E-state index >= 15 is 0 Å². The van der Waals surface area contributed by atoms with Gasteiger partial charge in [-0.05, 0) is 36.9 Å². The molecule has 132 valence electrons. The van der Waals surface area contributed by atoms with Crippen LogP contribution in [0.5, 0.6) is 0 Å². The van der Waals surface area contributed by atoms with Gasteiger partial charge in [0.05, 0.1) is 17.4 Å². The first-order chi connectivity index (χ1) is 11.8. The van der Waals surface area contributed by atoms with Crippen molar-refractivity contribution in [2.45, 2.75) is 19.1 Å². The van der Waals surface area contributed by atoms with Crippen molar-refractivity contribution in [2.24, 2.45) is 0 Å². The number of urea groups is 1. The molecule has 0 bridgehead atoms. The Morgan fingerprint density at radius 2 is 1.96 bits per heavy atom. The first-order valence-electron chi connectivity index (χ1n) is 7.73. The van der Waals surface area contributed by atoms with Crippen molar-refractivity contribution in [3.05, 3.63) is 53.3 Å². The summed E-state index contributed by atoms with van der Waals surface area (Å²) in [6, 6.07) is 5.70. The number of aromatic nitrogens is 1. The smallest absolute Gasteiger partial charge is 0.308 e. The number of pyridine rings is 1. The van der Waals surface area contributed by atoms with Crippen LogP contribution in [-0.4, -0.2) is 29.5 Å². The number of benzene rings is 1. The van der Waals surface area contributed by atoms with E-state index < -0.39 is 17.8 Å². The summed E-state index contributed by atoms with van der Waals surface area (Å²) >= 11 is 0. The predicted octanol–water partition coefficient (Wildman–Crippen LogP) is 3.73. The molecule has 2 N–H and O–H groups in total. The van der Waals surface area contributed by atoms with Gasteiger partial charge < -0.3 is 15.5 Å². The van der Waals surface area contributed by atoms with Crippen LogP contribution < -0.4 is 10.6 Å². The minimum atomic E-state index is -4.46. The van der Waals surface area contributed by atoms with E-state index in [-0.39, 0.29) is 5.69 Å². The zero-order valence-corrected chi connectivity index (χ0v) is 13.5. The molecule has 2 amide bonds. The maximum Gasteiger partial charge on any atom is 0.416 e. The Bertz CT molecular complexity index is 792. The van der Waals surface area contributed by atoms with Gasteiger partial charge in [-0.2, -0.15) is 13.2 Å². The van der Waals surface area contributed by atoms with Crippen molar-refractivity contribution >= 4 is 17.4 Å². The molecule has 0 unspecified atom stereocenters. The van der Waals surface area contributed by atoms with Crippen LogP contribution in [0.25, 0.3) is 0 Å². The Morgan fingerprint density at radius 1 is 1.20 bits per heavy atom. The van der Waals surface area contributed by atoms with Crippen molar-refractivity contribution in [1.82, 2.24) is 9.88 Å². The summed E-state index contributed by atoms with van der Waals surface area (Å²) in [7, 11) is 2.00. The molecule has 0 atom stereocenters. The molecule has 1 aliphatic heterocycles. The Balaban J connectivity index is 1.68. The van der Waals surface area contributed by atoms with Gasteiger partial charge in [-0.3, -0.25) is 4.98 Å². The maximum atomic E-state index is 12.7. The van der Waals surface area contributed by atoms with E-state index in [9.17, 15) is 18.0 Å². The molecule has 2 heterocycles.